The maximum atomic E-state index is 13.0. The van der Waals surface area contributed by atoms with Gasteiger partial charge < -0.3 is 0 Å². The van der Waals surface area contributed by atoms with E-state index in [-0.39, 0.29) is 17.2 Å². The predicted molar refractivity (Wildman–Crippen MR) is 117 cm³/mol. The zero-order valence-corrected chi connectivity index (χ0v) is 17.6. The highest BCUT2D eigenvalue weighted by Gasteiger charge is 2.35. The van der Waals surface area contributed by atoms with Crippen LogP contribution in [0.5, 0.6) is 0 Å². The van der Waals surface area contributed by atoms with Crippen LogP contribution in [0.2, 0.25) is 0 Å². The van der Waals surface area contributed by atoms with Gasteiger partial charge in [-0.25, -0.2) is 13.9 Å². The number of benzene rings is 3. The lowest BCUT2D eigenvalue weighted by Crippen LogP contribution is -2.18. The highest BCUT2D eigenvalue weighted by molar-refractivity contribution is 6.68. The Kier molecular flexibility index (Phi) is 7.08. The van der Waals surface area contributed by atoms with Crippen molar-refractivity contribution in [3.8, 4) is 0 Å². The van der Waals surface area contributed by atoms with Crippen LogP contribution in [0.3, 0.4) is 0 Å². The monoisotopic (exact) mass is 466 g/mol. The van der Waals surface area contributed by atoms with Gasteiger partial charge in [0.15, 0.2) is 0 Å². The van der Waals surface area contributed by atoms with Crippen molar-refractivity contribution in [2.24, 2.45) is 0 Å². The van der Waals surface area contributed by atoms with E-state index in [9.17, 15) is 13.6 Å². The van der Waals surface area contributed by atoms with Gasteiger partial charge in [-0.1, -0.05) is 77.3 Å². The molecule has 1 N–H and O–H groups in total. The minimum atomic E-state index is -1.62. The van der Waals surface area contributed by atoms with Gasteiger partial charge in [0.25, 0.3) is 5.56 Å². The van der Waals surface area contributed by atoms with E-state index in [1.165, 1.54) is 24.3 Å². The van der Waals surface area contributed by atoms with Gasteiger partial charge in [0.2, 0.25) is 3.79 Å². The van der Waals surface area contributed by atoms with Crippen molar-refractivity contribution in [2.75, 3.05) is 0 Å². The Hall–Kier alpha value is -2.47. The third kappa shape index (κ3) is 5.57. The van der Waals surface area contributed by atoms with Gasteiger partial charge >= 0.3 is 0 Å². The first-order valence-corrected chi connectivity index (χ1v) is 9.89. The third-order valence-electron chi connectivity index (χ3n) is 4.31. The maximum Gasteiger partial charge on any atom is 0.272 e. The van der Waals surface area contributed by atoms with Crippen LogP contribution in [0.4, 0.5) is 8.78 Å². The van der Waals surface area contributed by atoms with Crippen LogP contribution in [-0.4, -0.2) is 14.0 Å². The van der Waals surface area contributed by atoms with E-state index < -0.39 is 9.71 Å². The van der Waals surface area contributed by atoms with Crippen LogP contribution in [0, 0.1) is 11.6 Å². The summed E-state index contributed by atoms with van der Waals surface area (Å²) in [5, 5.41) is 7.60. The molecule has 0 aliphatic carbocycles. The minimum absolute atomic E-state index is 0.136. The van der Waals surface area contributed by atoms with Crippen molar-refractivity contribution in [1.29, 1.82) is 0 Å². The first kappa shape index (κ1) is 22.2. The summed E-state index contributed by atoms with van der Waals surface area (Å²) in [5.41, 5.74) is 1.16. The molecule has 0 amide bonds. The lowest BCUT2D eigenvalue weighted by molar-refractivity contribution is 0.625. The summed E-state index contributed by atoms with van der Waals surface area (Å²) in [7, 11) is 0. The molecule has 0 saturated heterocycles. The molecule has 4 rings (SSSR count). The van der Waals surface area contributed by atoms with E-state index in [4.69, 9.17) is 34.8 Å². The van der Waals surface area contributed by atoms with Crippen LogP contribution in [-0.2, 0) is 0 Å². The van der Waals surface area contributed by atoms with Crippen LogP contribution < -0.4 is 5.56 Å². The first-order chi connectivity index (χ1) is 14.3. The van der Waals surface area contributed by atoms with E-state index in [2.05, 4.69) is 10.2 Å². The van der Waals surface area contributed by atoms with E-state index in [1.54, 1.807) is 36.5 Å². The van der Waals surface area contributed by atoms with E-state index >= 15 is 0 Å². The van der Waals surface area contributed by atoms with Crippen molar-refractivity contribution in [2.45, 2.75) is 9.71 Å². The SMILES string of the molecule is Fc1ccc(C(c2ccc(F)cc2)C(Cl)(Cl)Cl)cc1.O=c1[nH]ncc2ccccc12. The summed E-state index contributed by atoms with van der Waals surface area (Å²) in [5.74, 6) is -1.34. The van der Waals surface area contributed by atoms with E-state index in [0.717, 1.165) is 5.39 Å². The van der Waals surface area contributed by atoms with E-state index in [0.29, 0.717) is 16.5 Å². The smallest absolute Gasteiger partial charge is 0.267 e. The van der Waals surface area contributed by atoms with Gasteiger partial charge in [0, 0.05) is 10.8 Å². The molecule has 0 bridgehead atoms. The number of hydrogen-bond acceptors (Lipinski definition) is 2. The second-order valence-corrected chi connectivity index (χ2v) is 8.73. The van der Waals surface area contributed by atoms with Gasteiger partial charge in [-0.2, -0.15) is 5.10 Å². The summed E-state index contributed by atoms with van der Waals surface area (Å²) in [4.78, 5) is 11.1. The molecule has 0 radical (unpaired) electrons. The Morgan fingerprint density at radius 1 is 0.800 bits per heavy atom. The first-order valence-electron chi connectivity index (χ1n) is 8.76. The molecular weight excluding hydrogens is 453 g/mol. The molecule has 0 saturated carbocycles. The molecule has 1 aromatic heterocycles. The molecule has 3 nitrogen and oxygen atoms in total. The number of fused-ring (bicyclic) bond motifs is 1. The van der Waals surface area contributed by atoms with Gasteiger partial charge in [-0.05, 0) is 41.5 Å². The zero-order valence-electron chi connectivity index (χ0n) is 15.3. The number of aromatic nitrogens is 2. The highest BCUT2D eigenvalue weighted by atomic mass is 35.6. The standard InChI is InChI=1S/C14H9Cl3F2.C8H6N2O/c15-14(16,17)13(9-1-5-11(18)6-2-9)10-3-7-12(19)8-4-10;11-8-7-4-2-1-3-6(7)5-9-10-8/h1-8,13H;1-5H,(H,10,11). The number of halogens is 5. The normalized spacial score (nSPS) is 11.3. The summed E-state index contributed by atoms with van der Waals surface area (Å²) in [6.07, 6.45) is 1.64. The summed E-state index contributed by atoms with van der Waals surface area (Å²) < 4.78 is 24.3. The number of rotatable bonds is 2. The summed E-state index contributed by atoms with van der Waals surface area (Å²) in [6, 6.07) is 18.7. The van der Waals surface area contributed by atoms with E-state index in [1.807, 2.05) is 18.2 Å². The van der Waals surface area contributed by atoms with Gasteiger partial charge in [-0.15, -0.1) is 0 Å². The highest BCUT2D eigenvalue weighted by Crippen LogP contribution is 2.45. The predicted octanol–water partition coefficient (Wildman–Crippen LogP) is 6.39. The second-order valence-electron chi connectivity index (χ2n) is 6.36. The number of aromatic amines is 1. The van der Waals surface area contributed by atoms with Gasteiger partial charge in [0.1, 0.15) is 11.6 Å². The van der Waals surface area contributed by atoms with Gasteiger partial charge in [0.05, 0.1) is 12.1 Å². The molecule has 154 valence electrons. The fraction of sp³-hybridized carbons (Fsp3) is 0.0909. The number of H-pyrrole nitrogens is 1. The molecule has 8 heteroatoms. The number of nitrogens with one attached hydrogen (secondary N) is 1. The van der Waals surface area contributed by atoms with Gasteiger partial charge in [-0.3, -0.25) is 4.79 Å². The fourth-order valence-electron chi connectivity index (χ4n) is 2.92. The lowest BCUT2D eigenvalue weighted by atomic mass is 9.92. The number of nitrogens with zero attached hydrogens (tertiary/aromatic N) is 1. The Bertz CT molecular complexity index is 1120. The average molecular weight is 468 g/mol. The van der Waals surface area contributed by atoms with Crippen molar-refractivity contribution >= 4 is 45.6 Å². The second kappa shape index (κ2) is 9.56. The largest absolute Gasteiger partial charge is 0.272 e. The van der Waals surface area contributed by atoms with Crippen LogP contribution in [0.1, 0.15) is 17.0 Å². The minimum Gasteiger partial charge on any atom is -0.267 e. The molecule has 0 aliphatic heterocycles. The van der Waals surface area contributed by atoms with Crippen LogP contribution in [0.25, 0.3) is 10.8 Å². The maximum absolute atomic E-state index is 13.0. The average Bonchev–Trinajstić information content (AvgIpc) is 2.71. The third-order valence-corrected chi connectivity index (χ3v) is 4.96. The molecule has 0 fully saturated rings. The lowest BCUT2D eigenvalue weighted by Gasteiger charge is -2.25. The summed E-state index contributed by atoms with van der Waals surface area (Å²) in [6.45, 7) is 0. The Morgan fingerprint density at radius 3 is 1.77 bits per heavy atom. The fourth-order valence-corrected chi connectivity index (χ4v) is 3.67. The molecule has 30 heavy (non-hydrogen) atoms. The Labute approximate surface area is 186 Å². The Morgan fingerprint density at radius 2 is 1.30 bits per heavy atom. The molecule has 1 heterocycles. The quantitative estimate of drug-likeness (QED) is 0.347. The molecule has 4 aromatic rings. The van der Waals surface area contributed by atoms with Crippen molar-refractivity contribution in [3.63, 3.8) is 0 Å². The van der Waals surface area contributed by atoms with Crippen LogP contribution >= 0.6 is 34.8 Å². The number of hydrogen-bond donors (Lipinski definition) is 1. The van der Waals surface area contributed by atoms with Crippen molar-refractivity contribution in [3.05, 3.63) is 112 Å². The molecule has 0 spiro atoms. The zero-order chi connectivity index (χ0) is 21.7. The summed E-state index contributed by atoms with van der Waals surface area (Å²) >= 11 is 18.0. The topological polar surface area (TPSA) is 45.8 Å². The molecular formula is C22H15Cl3F2N2O. The van der Waals surface area contributed by atoms with Crippen molar-refractivity contribution in [1.82, 2.24) is 10.2 Å². The molecule has 0 aliphatic rings. The Balaban J connectivity index is 0.000000196. The molecule has 3 aromatic carbocycles. The number of alkyl halides is 3. The van der Waals surface area contributed by atoms with Crippen LogP contribution in [0.15, 0.2) is 83.8 Å². The molecule has 0 unspecified atom stereocenters. The van der Waals surface area contributed by atoms with Crippen molar-refractivity contribution < 1.29 is 8.78 Å². The molecule has 0 atom stereocenters.